The molecule has 2 atom stereocenters. The van der Waals surface area contributed by atoms with Gasteiger partial charge in [0.1, 0.15) is 5.76 Å². The van der Waals surface area contributed by atoms with E-state index in [1.54, 1.807) is 31.3 Å². The summed E-state index contributed by atoms with van der Waals surface area (Å²) in [4.78, 5) is 14.1. The number of aryl methyl sites for hydroxylation is 1. The zero-order chi connectivity index (χ0) is 13.1. The standard InChI is InChI=1S/C13H19NO4/c1-9-4-5-12(18-9)13(15)14-7-11(17-3)6-10(14)8-16-2/h4-5,10-11H,6-8H2,1-3H3/t10-,11-/m0/s1. The molecule has 0 aliphatic carbocycles. The molecule has 0 spiro atoms. The highest BCUT2D eigenvalue weighted by Gasteiger charge is 2.36. The quantitative estimate of drug-likeness (QED) is 0.815. The van der Waals surface area contributed by atoms with Gasteiger partial charge in [-0.15, -0.1) is 0 Å². The number of carbonyl (C=O) groups excluding carboxylic acids is 1. The van der Waals surface area contributed by atoms with Gasteiger partial charge in [0, 0.05) is 20.8 Å². The van der Waals surface area contributed by atoms with E-state index >= 15 is 0 Å². The molecular weight excluding hydrogens is 234 g/mol. The predicted molar refractivity (Wildman–Crippen MR) is 65.6 cm³/mol. The van der Waals surface area contributed by atoms with Gasteiger partial charge in [0.25, 0.3) is 5.91 Å². The highest BCUT2D eigenvalue weighted by molar-refractivity contribution is 5.92. The average molecular weight is 253 g/mol. The second-order valence-electron chi connectivity index (χ2n) is 4.57. The van der Waals surface area contributed by atoms with Gasteiger partial charge >= 0.3 is 0 Å². The van der Waals surface area contributed by atoms with Crippen molar-refractivity contribution in [2.75, 3.05) is 27.4 Å². The fraction of sp³-hybridized carbons (Fsp3) is 0.615. The zero-order valence-electron chi connectivity index (χ0n) is 11.0. The Hall–Kier alpha value is -1.33. The van der Waals surface area contributed by atoms with Gasteiger partial charge in [-0.1, -0.05) is 0 Å². The van der Waals surface area contributed by atoms with Crippen LogP contribution >= 0.6 is 0 Å². The fourth-order valence-electron chi connectivity index (χ4n) is 2.33. The maximum absolute atomic E-state index is 12.3. The molecule has 0 unspecified atom stereocenters. The Morgan fingerprint density at radius 3 is 2.83 bits per heavy atom. The number of nitrogens with zero attached hydrogens (tertiary/aromatic N) is 1. The average Bonchev–Trinajstić information content (AvgIpc) is 2.95. The molecule has 100 valence electrons. The Balaban J connectivity index is 2.12. The van der Waals surface area contributed by atoms with Crippen LogP contribution in [-0.2, 0) is 9.47 Å². The molecule has 1 amide bonds. The molecule has 18 heavy (non-hydrogen) atoms. The second kappa shape index (κ2) is 5.54. The van der Waals surface area contributed by atoms with E-state index in [1.165, 1.54) is 0 Å². The number of furan rings is 1. The number of hydrogen-bond acceptors (Lipinski definition) is 4. The molecule has 0 bridgehead atoms. The lowest BCUT2D eigenvalue weighted by molar-refractivity contribution is 0.0581. The van der Waals surface area contributed by atoms with Crippen molar-refractivity contribution in [3.8, 4) is 0 Å². The third kappa shape index (κ3) is 2.57. The molecule has 1 aromatic rings. The second-order valence-corrected chi connectivity index (χ2v) is 4.57. The number of ether oxygens (including phenoxy) is 2. The third-order valence-corrected chi connectivity index (χ3v) is 3.28. The summed E-state index contributed by atoms with van der Waals surface area (Å²) in [6.45, 7) is 2.93. The molecule has 1 aliphatic rings. The first kappa shape index (κ1) is 13.1. The molecule has 1 aliphatic heterocycles. The number of methoxy groups -OCH3 is 2. The van der Waals surface area contributed by atoms with E-state index in [9.17, 15) is 4.79 Å². The molecule has 1 fully saturated rings. The highest BCUT2D eigenvalue weighted by Crippen LogP contribution is 2.23. The number of likely N-dealkylation sites (tertiary alicyclic amines) is 1. The van der Waals surface area contributed by atoms with E-state index in [1.807, 2.05) is 6.92 Å². The molecule has 1 saturated heterocycles. The largest absolute Gasteiger partial charge is 0.456 e. The Kier molecular flexibility index (Phi) is 4.04. The topological polar surface area (TPSA) is 51.9 Å². The minimum Gasteiger partial charge on any atom is -0.456 e. The van der Waals surface area contributed by atoms with Crippen molar-refractivity contribution in [1.82, 2.24) is 4.90 Å². The first-order valence-electron chi connectivity index (χ1n) is 6.04. The molecule has 0 saturated carbocycles. The van der Waals surface area contributed by atoms with Crippen molar-refractivity contribution >= 4 is 5.91 Å². The van der Waals surface area contributed by atoms with E-state index < -0.39 is 0 Å². The van der Waals surface area contributed by atoms with Gasteiger partial charge < -0.3 is 18.8 Å². The highest BCUT2D eigenvalue weighted by atomic mass is 16.5. The van der Waals surface area contributed by atoms with Gasteiger partial charge in [-0.3, -0.25) is 4.79 Å². The van der Waals surface area contributed by atoms with Gasteiger partial charge in [-0.2, -0.15) is 0 Å². The summed E-state index contributed by atoms with van der Waals surface area (Å²) in [5.74, 6) is 1.03. The number of rotatable bonds is 4. The molecule has 2 rings (SSSR count). The summed E-state index contributed by atoms with van der Waals surface area (Å²) in [5, 5.41) is 0. The first-order valence-corrected chi connectivity index (χ1v) is 6.04. The molecule has 2 heterocycles. The van der Waals surface area contributed by atoms with Crippen LogP contribution in [0, 0.1) is 6.92 Å². The lowest BCUT2D eigenvalue weighted by atomic mass is 10.2. The monoisotopic (exact) mass is 253 g/mol. The lowest BCUT2D eigenvalue weighted by Crippen LogP contribution is -2.38. The van der Waals surface area contributed by atoms with E-state index in [0.29, 0.717) is 18.9 Å². The van der Waals surface area contributed by atoms with Crippen molar-refractivity contribution in [1.29, 1.82) is 0 Å². The van der Waals surface area contributed by atoms with Crippen molar-refractivity contribution in [3.05, 3.63) is 23.7 Å². The van der Waals surface area contributed by atoms with Crippen LogP contribution in [0.2, 0.25) is 0 Å². The summed E-state index contributed by atoms with van der Waals surface area (Å²) in [7, 11) is 3.30. The van der Waals surface area contributed by atoms with Crippen molar-refractivity contribution in [2.24, 2.45) is 0 Å². The van der Waals surface area contributed by atoms with Crippen LogP contribution in [0.1, 0.15) is 22.7 Å². The Morgan fingerprint density at radius 1 is 1.50 bits per heavy atom. The molecule has 1 aromatic heterocycles. The van der Waals surface area contributed by atoms with Crippen LogP contribution in [0.15, 0.2) is 16.5 Å². The van der Waals surface area contributed by atoms with E-state index in [2.05, 4.69) is 0 Å². The summed E-state index contributed by atoms with van der Waals surface area (Å²) in [6, 6.07) is 3.56. The summed E-state index contributed by atoms with van der Waals surface area (Å²) in [6.07, 6.45) is 0.876. The molecule has 0 radical (unpaired) electrons. The smallest absolute Gasteiger partial charge is 0.289 e. The van der Waals surface area contributed by atoms with Gasteiger partial charge in [-0.05, 0) is 25.5 Å². The Morgan fingerprint density at radius 2 is 2.28 bits per heavy atom. The summed E-state index contributed by atoms with van der Waals surface area (Å²) < 4.78 is 15.9. The van der Waals surface area contributed by atoms with Gasteiger partial charge in [0.15, 0.2) is 5.76 Å². The van der Waals surface area contributed by atoms with Crippen LogP contribution in [0.3, 0.4) is 0 Å². The molecule has 0 aromatic carbocycles. The van der Waals surface area contributed by atoms with Crippen molar-refractivity contribution in [3.63, 3.8) is 0 Å². The zero-order valence-corrected chi connectivity index (χ0v) is 11.0. The number of hydrogen-bond donors (Lipinski definition) is 0. The fourth-order valence-corrected chi connectivity index (χ4v) is 2.33. The number of amides is 1. The van der Waals surface area contributed by atoms with E-state index in [4.69, 9.17) is 13.9 Å². The molecule has 0 N–H and O–H groups in total. The molecule has 5 nitrogen and oxygen atoms in total. The number of carbonyl (C=O) groups is 1. The van der Waals surface area contributed by atoms with Gasteiger partial charge in [0.2, 0.25) is 0 Å². The maximum atomic E-state index is 12.3. The Bertz CT molecular complexity index is 415. The third-order valence-electron chi connectivity index (χ3n) is 3.28. The summed E-state index contributed by atoms with van der Waals surface area (Å²) >= 11 is 0. The normalized spacial score (nSPS) is 23.6. The van der Waals surface area contributed by atoms with Crippen LogP contribution in [0.25, 0.3) is 0 Å². The van der Waals surface area contributed by atoms with E-state index in [-0.39, 0.29) is 18.1 Å². The minimum absolute atomic E-state index is 0.0536. The summed E-state index contributed by atoms with van der Waals surface area (Å²) in [5.41, 5.74) is 0. The van der Waals surface area contributed by atoms with Gasteiger partial charge in [0.05, 0.1) is 18.8 Å². The first-order chi connectivity index (χ1) is 8.65. The van der Waals surface area contributed by atoms with Crippen LogP contribution < -0.4 is 0 Å². The van der Waals surface area contributed by atoms with Crippen LogP contribution in [0.4, 0.5) is 0 Å². The van der Waals surface area contributed by atoms with Gasteiger partial charge in [-0.25, -0.2) is 0 Å². The lowest BCUT2D eigenvalue weighted by Gasteiger charge is -2.22. The van der Waals surface area contributed by atoms with Crippen LogP contribution in [-0.4, -0.2) is 50.3 Å². The predicted octanol–water partition coefficient (Wildman–Crippen LogP) is 1.46. The van der Waals surface area contributed by atoms with E-state index in [0.717, 1.165) is 12.2 Å². The molecular formula is C13H19NO4. The van der Waals surface area contributed by atoms with Crippen molar-refractivity contribution < 1.29 is 18.7 Å². The maximum Gasteiger partial charge on any atom is 0.289 e. The van der Waals surface area contributed by atoms with Crippen molar-refractivity contribution in [2.45, 2.75) is 25.5 Å². The SMILES string of the molecule is COC[C@@H]1C[C@H](OC)CN1C(=O)c1ccc(C)o1. The van der Waals surface area contributed by atoms with Crippen LogP contribution in [0.5, 0.6) is 0 Å². The minimum atomic E-state index is -0.0929. The Labute approximate surface area is 107 Å². The molecule has 5 heteroatoms.